The Kier molecular flexibility index (Phi) is 12.6. The van der Waals surface area contributed by atoms with Gasteiger partial charge in [0, 0.05) is 16.9 Å². The van der Waals surface area contributed by atoms with Crippen molar-refractivity contribution in [2.75, 3.05) is 0 Å². The Hall–Kier alpha value is -4.07. The van der Waals surface area contributed by atoms with E-state index in [1.54, 1.807) is 12.1 Å². The van der Waals surface area contributed by atoms with Crippen LogP contribution in [-0.4, -0.2) is 36.4 Å². The Bertz CT molecular complexity index is 1690. The topological polar surface area (TPSA) is 105 Å². The van der Waals surface area contributed by atoms with E-state index in [1.165, 1.54) is 42.5 Å². The number of carboxylic acids is 1. The summed E-state index contributed by atoms with van der Waals surface area (Å²) >= 11 is 0. The number of carbonyl (C=O) groups is 3. The van der Waals surface area contributed by atoms with Gasteiger partial charge < -0.3 is 24.7 Å². The average molecular weight is 656 g/mol. The molecule has 4 rings (SSSR count). The van der Waals surface area contributed by atoms with E-state index in [4.69, 9.17) is 4.74 Å². The Balaban J connectivity index is 0.00000576. The molecule has 1 amide bonds. The molecule has 14 heteroatoms. The molecule has 0 bridgehead atoms. The van der Waals surface area contributed by atoms with E-state index in [-0.39, 0.29) is 63.4 Å². The Labute approximate surface area is 280 Å². The van der Waals surface area contributed by atoms with Gasteiger partial charge >= 0.3 is 48.1 Å². The third-order valence-corrected chi connectivity index (χ3v) is 6.65. The fraction of sp³-hybridized carbons (Fsp3) is 0.219. The van der Waals surface area contributed by atoms with Gasteiger partial charge in [-0.05, 0) is 65.8 Å². The predicted molar refractivity (Wildman–Crippen MR) is 146 cm³/mol. The van der Waals surface area contributed by atoms with Crippen molar-refractivity contribution in [2.45, 2.75) is 43.9 Å². The number of fused-ring (bicyclic) bond motifs is 1. The normalized spacial score (nSPS) is 12.6. The first-order chi connectivity index (χ1) is 21.3. The van der Waals surface area contributed by atoms with Crippen LogP contribution in [0.25, 0.3) is 10.8 Å². The molecule has 0 heterocycles. The second-order valence-corrected chi connectivity index (χ2v) is 9.87. The molecule has 0 radical (unpaired) electrons. The molecule has 0 aliphatic carbocycles. The molecule has 0 saturated carbocycles. The zero-order valence-corrected chi connectivity index (χ0v) is 26.2. The molecule has 0 aliphatic rings. The van der Waals surface area contributed by atoms with E-state index in [0.717, 1.165) is 30.3 Å². The van der Waals surface area contributed by atoms with E-state index >= 15 is 0 Å². The van der Waals surface area contributed by atoms with Crippen LogP contribution in [0.5, 0.6) is 5.75 Å². The van der Waals surface area contributed by atoms with E-state index in [1.807, 2.05) is 0 Å². The van der Waals surface area contributed by atoms with Crippen molar-refractivity contribution in [3.8, 4) is 5.75 Å². The van der Waals surface area contributed by atoms with Gasteiger partial charge in [0.2, 0.25) is 0 Å². The van der Waals surface area contributed by atoms with Crippen LogP contribution in [-0.2, 0) is 20.7 Å². The average Bonchev–Trinajstić information content (AvgIpc) is 2.99. The molecule has 0 spiro atoms. The van der Waals surface area contributed by atoms with Gasteiger partial charge in [-0.2, -0.15) is 17.6 Å². The molecule has 1 N–H and O–H groups in total. The van der Waals surface area contributed by atoms with Gasteiger partial charge in [-0.1, -0.05) is 48.5 Å². The summed E-state index contributed by atoms with van der Waals surface area (Å²) in [5, 5.41) is 14.0. The summed E-state index contributed by atoms with van der Waals surface area (Å²) in [6, 6.07) is 16.4. The van der Waals surface area contributed by atoms with Crippen molar-refractivity contribution in [2.24, 2.45) is 0 Å². The monoisotopic (exact) mass is 655 g/mol. The van der Waals surface area contributed by atoms with Crippen molar-refractivity contribution in [3.63, 3.8) is 0 Å². The molecule has 4 aromatic rings. The largest absolute Gasteiger partial charge is 1.00 e. The summed E-state index contributed by atoms with van der Waals surface area (Å²) in [4.78, 5) is 37.3. The van der Waals surface area contributed by atoms with Crippen LogP contribution in [0.4, 0.5) is 26.3 Å². The van der Waals surface area contributed by atoms with Crippen LogP contribution >= 0.6 is 0 Å². The first kappa shape index (κ1) is 36.4. The summed E-state index contributed by atoms with van der Waals surface area (Å²) < 4.78 is 90.7. The molecular weight excluding hydrogens is 631 g/mol. The van der Waals surface area contributed by atoms with Gasteiger partial charge in [0.1, 0.15) is 23.5 Å². The third-order valence-electron chi connectivity index (χ3n) is 6.65. The van der Waals surface area contributed by atoms with Crippen molar-refractivity contribution in [3.05, 3.63) is 113 Å². The molecule has 0 aromatic heterocycles. The number of rotatable bonds is 13. The number of halogens is 6. The fourth-order valence-electron chi connectivity index (χ4n) is 4.57. The number of ether oxygens (including phenoxy) is 2. The number of nitrogens with one attached hydrogen (secondary N) is 1. The fourth-order valence-corrected chi connectivity index (χ4v) is 4.57. The molecule has 2 atom stereocenters. The molecule has 2 unspecified atom stereocenters. The number of carbonyl (C=O) groups excluding carboxylic acids is 3. The van der Waals surface area contributed by atoms with Gasteiger partial charge in [0.05, 0.1) is 12.5 Å². The number of hydrogen-bond donors (Lipinski definition) is 1. The number of hydrogen-bond acceptors (Lipinski definition) is 6. The SMILES string of the molecule is O=C([O-])CCC(=O)OC(c1ccc(F)cc1)C(Cc1cccc(OC(F)(F)C(F)F)c1)NC(=O)c1ccc(F)c2ccccc12.[Na+]. The Morgan fingerprint density at radius 2 is 1.52 bits per heavy atom. The Morgan fingerprint density at radius 1 is 0.848 bits per heavy atom. The van der Waals surface area contributed by atoms with Crippen molar-refractivity contribution >= 4 is 28.6 Å². The van der Waals surface area contributed by atoms with Crippen LogP contribution < -0.4 is 44.7 Å². The second kappa shape index (κ2) is 16.0. The van der Waals surface area contributed by atoms with E-state index in [2.05, 4.69) is 10.1 Å². The third kappa shape index (κ3) is 9.47. The zero-order valence-electron chi connectivity index (χ0n) is 24.2. The maximum absolute atomic E-state index is 14.5. The first-order valence-corrected chi connectivity index (χ1v) is 13.4. The van der Waals surface area contributed by atoms with E-state index in [9.17, 15) is 45.8 Å². The minimum atomic E-state index is -4.80. The molecule has 46 heavy (non-hydrogen) atoms. The smallest absolute Gasteiger partial charge is 0.550 e. The zero-order chi connectivity index (χ0) is 32.7. The second-order valence-electron chi connectivity index (χ2n) is 9.87. The maximum Gasteiger partial charge on any atom is 1.00 e. The summed E-state index contributed by atoms with van der Waals surface area (Å²) in [7, 11) is 0. The molecule has 4 aromatic carbocycles. The van der Waals surface area contributed by atoms with Gasteiger partial charge in [0.15, 0.2) is 0 Å². The maximum atomic E-state index is 14.5. The van der Waals surface area contributed by atoms with Crippen molar-refractivity contribution < 1.29 is 84.9 Å². The summed E-state index contributed by atoms with van der Waals surface area (Å²) in [5.74, 6) is -5.20. The molecule has 0 saturated heterocycles. The number of esters is 1. The minimum Gasteiger partial charge on any atom is -0.550 e. The predicted octanol–water partition coefficient (Wildman–Crippen LogP) is 2.51. The quantitative estimate of drug-likeness (QED) is 0.135. The molecule has 7 nitrogen and oxygen atoms in total. The molecule has 236 valence electrons. The first-order valence-electron chi connectivity index (χ1n) is 13.4. The summed E-state index contributed by atoms with van der Waals surface area (Å²) in [5.41, 5.74) is 0.334. The molecular formula is C32H24F6NNaO6. The van der Waals surface area contributed by atoms with Gasteiger partial charge in [-0.25, -0.2) is 8.78 Å². The van der Waals surface area contributed by atoms with Crippen LogP contribution in [0.2, 0.25) is 0 Å². The number of alkyl halides is 4. The van der Waals surface area contributed by atoms with Crippen LogP contribution in [0.3, 0.4) is 0 Å². The van der Waals surface area contributed by atoms with Gasteiger partial charge in [-0.3, -0.25) is 9.59 Å². The Morgan fingerprint density at radius 3 is 2.17 bits per heavy atom. The summed E-state index contributed by atoms with van der Waals surface area (Å²) in [6.45, 7) is 0. The minimum absolute atomic E-state index is 0. The van der Waals surface area contributed by atoms with E-state index in [0.29, 0.717) is 0 Å². The number of benzene rings is 4. The van der Waals surface area contributed by atoms with Crippen molar-refractivity contribution in [1.82, 2.24) is 5.32 Å². The van der Waals surface area contributed by atoms with Crippen LogP contribution in [0, 0.1) is 11.6 Å². The van der Waals surface area contributed by atoms with Gasteiger partial charge in [-0.15, -0.1) is 0 Å². The number of aliphatic carboxylic acids is 1. The standard InChI is InChI=1S/C32H25F6NO6.Na/c33-20-10-8-19(9-11-20)29(44-28(42)15-14-27(40)41)26(17-18-4-3-5-21(16-18)45-32(37,38)31(35)36)39-30(43)24-12-13-25(34)23-7-2-1-6-22(23)24;/h1-13,16,26,29,31H,14-15,17H2,(H,39,43)(H,40,41);/q;+1/p-1. The number of carboxylic acid groups (broad SMARTS) is 1. The molecule has 0 fully saturated rings. The van der Waals surface area contributed by atoms with Crippen LogP contribution in [0.1, 0.15) is 40.4 Å². The van der Waals surface area contributed by atoms with Crippen molar-refractivity contribution in [1.29, 1.82) is 0 Å². The molecule has 0 aliphatic heterocycles. The summed E-state index contributed by atoms with van der Waals surface area (Å²) in [6.07, 6.45) is -11.9. The van der Waals surface area contributed by atoms with E-state index < -0.39 is 72.8 Å². The van der Waals surface area contributed by atoms with Gasteiger partial charge in [0.25, 0.3) is 5.91 Å². The number of amides is 1. The van der Waals surface area contributed by atoms with Crippen LogP contribution in [0.15, 0.2) is 84.9 Å².